The number of likely N-dealkylation sites (tertiary alicyclic amines) is 1. The van der Waals surface area contributed by atoms with Crippen molar-refractivity contribution in [1.29, 1.82) is 0 Å². The predicted octanol–water partition coefficient (Wildman–Crippen LogP) is 1.50. The fourth-order valence-corrected chi connectivity index (χ4v) is 4.22. The average molecular weight is 275 g/mol. The van der Waals surface area contributed by atoms with Crippen LogP contribution >= 0.6 is 0 Å². The van der Waals surface area contributed by atoms with E-state index in [1.165, 1.54) is 69.8 Å². The molecule has 2 saturated heterocycles. The first kappa shape index (κ1) is 12.8. The Morgan fingerprint density at radius 2 is 1.85 bits per heavy atom. The van der Waals surface area contributed by atoms with Crippen molar-refractivity contribution in [1.82, 2.24) is 25.0 Å². The van der Waals surface area contributed by atoms with E-state index in [9.17, 15) is 0 Å². The Morgan fingerprint density at radius 1 is 0.950 bits per heavy atom. The molecule has 3 aliphatic heterocycles. The Balaban J connectivity index is 1.58. The zero-order valence-electron chi connectivity index (χ0n) is 12.2. The van der Waals surface area contributed by atoms with Crippen LogP contribution in [0.5, 0.6) is 0 Å². The summed E-state index contributed by atoms with van der Waals surface area (Å²) in [5.41, 5.74) is 0. The number of nitrogens with zero attached hydrogens (tertiary/aromatic N) is 4. The maximum absolute atomic E-state index is 4.58. The van der Waals surface area contributed by atoms with Crippen LogP contribution in [0.25, 0.3) is 0 Å². The maximum atomic E-state index is 4.58. The second kappa shape index (κ2) is 5.45. The number of piperidine rings is 1. The van der Waals surface area contributed by atoms with Crippen LogP contribution < -0.4 is 5.32 Å². The third kappa shape index (κ3) is 2.17. The lowest BCUT2D eigenvalue weighted by Gasteiger charge is -2.35. The van der Waals surface area contributed by atoms with E-state index in [0.29, 0.717) is 6.04 Å². The first-order valence-corrected chi connectivity index (χ1v) is 8.32. The van der Waals surface area contributed by atoms with E-state index in [1.54, 1.807) is 0 Å². The molecule has 1 aromatic heterocycles. The summed E-state index contributed by atoms with van der Waals surface area (Å²) in [5, 5.41) is 12.5. The highest BCUT2D eigenvalue weighted by atomic mass is 15.3. The molecule has 1 atom stereocenters. The summed E-state index contributed by atoms with van der Waals surface area (Å²) in [5.74, 6) is 2.49. The van der Waals surface area contributed by atoms with Gasteiger partial charge in [-0.05, 0) is 58.2 Å². The predicted molar refractivity (Wildman–Crippen MR) is 77.5 cm³/mol. The summed E-state index contributed by atoms with van der Waals surface area (Å²) in [4.78, 5) is 2.73. The van der Waals surface area contributed by atoms with Gasteiger partial charge in [-0.2, -0.15) is 0 Å². The average Bonchev–Trinajstić information content (AvgIpc) is 3.14. The molecule has 0 spiro atoms. The fraction of sp³-hybridized carbons (Fsp3) is 0.867. The highest BCUT2D eigenvalue weighted by molar-refractivity contribution is 5.06. The minimum absolute atomic E-state index is 0.525. The van der Waals surface area contributed by atoms with Crippen molar-refractivity contribution >= 4 is 0 Å². The minimum Gasteiger partial charge on any atom is -0.317 e. The normalized spacial score (nSPS) is 28.7. The molecule has 1 aromatic rings. The smallest absolute Gasteiger partial charge is 0.150 e. The van der Waals surface area contributed by atoms with E-state index in [4.69, 9.17) is 0 Å². The molecular formula is C15H25N5. The Bertz CT molecular complexity index is 463. The Hall–Kier alpha value is -0.940. The summed E-state index contributed by atoms with van der Waals surface area (Å²) in [7, 11) is 0. The van der Waals surface area contributed by atoms with Gasteiger partial charge in [0.2, 0.25) is 0 Å². The SMILES string of the molecule is C1CCn2c(nnc2C2CCCN2C2CCNCC2)C1. The van der Waals surface area contributed by atoms with Crippen molar-refractivity contribution in [2.24, 2.45) is 0 Å². The lowest BCUT2D eigenvalue weighted by molar-refractivity contribution is 0.140. The minimum atomic E-state index is 0.525. The van der Waals surface area contributed by atoms with Gasteiger partial charge in [-0.15, -0.1) is 10.2 Å². The molecule has 20 heavy (non-hydrogen) atoms. The van der Waals surface area contributed by atoms with Gasteiger partial charge in [-0.1, -0.05) is 0 Å². The van der Waals surface area contributed by atoms with Crippen molar-refractivity contribution in [3.63, 3.8) is 0 Å². The van der Waals surface area contributed by atoms with Crippen LogP contribution in [0.1, 0.15) is 56.2 Å². The fourth-order valence-electron chi connectivity index (χ4n) is 4.22. The second-order valence-corrected chi connectivity index (χ2v) is 6.46. The first-order valence-electron chi connectivity index (χ1n) is 8.32. The third-order valence-corrected chi connectivity index (χ3v) is 5.26. The molecular weight excluding hydrogens is 250 g/mol. The maximum Gasteiger partial charge on any atom is 0.150 e. The Morgan fingerprint density at radius 3 is 2.75 bits per heavy atom. The molecule has 0 aliphatic carbocycles. The van der Waals surface area contributed by atoms with Crippen LogP contribution in [0, 0.1) is 0 Å². The van der Waals surface area contributed by atoms with Gasteiger partial charge in [0.25, 0.3) is 0 Å². The molecule has 0 saturated carbocycles. The van der Waals surface area contributed by atoms with Crippen molar-refractivity contribution in [2.45, 2.75) is 63.6 Å². The molecule has 110 valence electrons. The zero-order chi connectivity index (χ0) is 13.4. The van der Waals surface area contributed by atoms with Crippen LogP contribution in [-0.4, -0.2) is 45.3 Å². The lowest BCUT2D eigenvalue weighted by Crippen LogP contribution is -2.43. The number of hydrogen-bond acceptors (Lipinski definition) is 4. The van der Waals surface area contributed by atoms with Crippen molar-refractivity contribution in [3.05, 3.63) is 11.6 Å². The Labute approximate surface area is 120 Å². The number of rotatable bonds is 2. The highest BCUT2D eigenvalue weighted by Crippen LogP contribution is 2.35. The standard InChI is InChI=1S/C15H25N5/c1-2-10-20-14(5-1)17-18-15(20)13-4-3-11-19(13)12-6-8-16-9-7-12/h12-13,16H,1-11H2. The third-order valence-electron chi connectivity index (χ3n) is 5.26. The highest BCUT2D eigenvalue weighted by Gasteiger charge is 2.35. The molecule has 1 N–H and O–H groups in total. The summed E-state index contributed by atoms with van der Waals surface area (Å²) < 4.78 is 2.42. The molecule has 4 heterocycles. The summed E-state index contributed by atoms with van der Waals surface area (Å²) in [6, 6.07) is 1.28. The van der Waals surface area contributed by atoms with E-state index >= 15 is 0 Å². The molecule has 0 radical (unpaired) electrons. The number of hydrogen-bond donors (Lipinski definition) is 1. The van der Waals surface area contributed by atoms with Crippen LogP contribution in [0.15, 0.2) is 0 Å². The van der Waals surface area contributed by atoms with E-state index in [-0.39, 0.29) is 0 Å². The van der Waals surface area contributed by atoms with Crippen molar-refractivity contribution in [3.8, 4) is 0 Å². The molecule has 0 bridgehead atoms. The lowest BCUT2D eigenvalue weighted by atomic mass is 10.0. The molecule has 5 heteroatoms. The number of aryl methyl sites for hydroxylation is 1. The van der Waals surface area contributed by atoms with Gasteiger partial charge in [0.15, 0.2) is 0 Å². The molecule has 2 fully saturated rings. The molecule has 0 aromatic carbocycles. The van der Waals surface area contributed by atoms with E-state index in [0.717, 1.165) is 19.0 Å². The van der Waals surface area contributed by atoms with Gasteiger partial charge in [-0.3, -0.25) is 4.90 Å². The van der Waals surface area contributed by atoms with Gasteiger partial charge in [0.1, 0.15) is 11.6 Å². The van der Waals surface area contributed by atoms with Gasteiger partial charge in [-0.25, -0.2) is 0 Å². The number of aromatic nitrogens is 3. The second-order valence-electron chi connectivity index (χ2n) is 6.46. The van der Waals surface area contributed by atoms with Crippen molar-refractivity contribution in [2.75, 3.05) is 19.6 Å². The summed E-state index contributed by atoms with van der Waals surface area (Å²) in [6.45, 7) is 4.73. The number of fused-ring (bicyclic) bond motifs is 1. The summed E-state index contributed by atoms with van der Waals surface area (Å²) in [6.07, 6.45) is 8.85. The Kier molecular flexibility index (Phi) is 3.48. The van der Waals surface area contributed by atoms with Gasteiger partial charge in [0.05, 0.1) is 6.04 Å². The van der Waals surface area contributed by atoms with Crippen LogP contribution in [0.4, 0.5) is 0 Å². The monoisotopic (exact) mass is 275 g/mol. The molecule has 5 nitrogen and oxygen atoms in total. The molecule has 3 aliphatic rings. The van der Waals surface area contributed by atoms with E-state index in [2.05, 4.69) is 25.0 Å². The van der Waals surface area contributed by atoms with Gasteiger partial charge >= 0.3 is 0 Å². The molecule has 4 rings (SSSR count). The van der Waals surface area contributed by atoms with E-state index in [1.807, 2.05) is 0 Å². The number of nitrogens with one attached hydrogen (secondary N) is 1. The zero-order valence-corrected chi connectivity index (χ0v) is 12.2. The first-order chi connectivity index (χ1) is 9.93. The van der Waals surface area contributed by atoms with E-state index < -0.39 is 0 Å². The quantitative estimate of drug-likeness (QED) is 0.888. The van der Waals surface area contributed by atoms with Crippen LogP contribution in [-0.2, 0) is 13.0 Å². The van der Waals surface area contributed by atoms with Gasteiger partial charge < -0.3 is 9.88 Å². The summed E-state index contributed by atoms with van der Waals surface area (Å²) >= 11 is 0. The van der Waals surface area contributed by atoms with Crippen LogP contribution in [0.2, 0.25) is 0 Å². The van der Waals surface area contributed by atoms with Gasteiger partial charge in [0, 0.05) is 19.0 Å². The topological polar surface area (TPSA) is 46.0 Å². The molecule has 0 amide bonds. The van der Waals surface area contributed by atoms with Crippen LogP contribution in [0.3, 0.4) is 0 Å². The largest absolute Gasteiger partial charge is 0.317 e. The molecule has 1 unspecified atom stereocenters. The van der Waals surface area contributed by atoms with Crippen molar-refractivity contribution < 1.29 is 0 Å².